The van der Waals surface area contributed by atoms with Gasteiger partial charge in [0, 0.05) is 18.9 Å². The zero-order chi connectivity index (χ0) is 10.8. The van der Waals surface area contributed by atoms with Gasteiger partial charge in [0.2, 0.25) is 5.78 Å². The topological polar surface area (TPSA) is 47.8 Å². The number of nitrogens with zero attached hydrogens (tertiary/aromatic N) is 3. The molecule has 2 aromatic heterocycles. The third-order valence-corrected chi connectivity index (χ3v) is 2.09. The Kier molecular flexibility index (Phi) is 2.33. The largest absolute Gasteiger partial charge is 0.287 e. The zero-order valence-electron chi connectivity index (χ0n) is 8.64. The predicted molar refractivity (Wildman–Crippen MR) is 55.6 cm³/mol. The van der Waals surface area contributed by atoms with Crippen molar-refractivity contribution in [3.8, 4) is 0 Å². The van der Waals surface area contributed by atoms with Gasteiger partial charge in [-0.1, -0.05) is 6.07 Å². The first-order valence-electron chi connectivity index (χ1n) is 4.64. The average molecular weight is 201 g/mol. The minimum absolute atomic E-state index is 0.0909. The molecule has 0 fully saturated rings. The molecule has 0 spiro atoms. The maximum Gasteiger partial charge on any atom is 0.214 e. The molecule has 0 aliphatic carbocycles. The highest BCUT2D eigenvalue weighted by atomic mass is 16.1. The number of hydrogen-bond donors (Lipinski definition) is 0. The van der Waals surface area contributed by atoms with Crippen molar-refractivity contribution in [2.75, 3.05) is 0 Å². The Balaban J connectivity index is 2.36. The first-order chi connectivity index (χ1) is 7.16. The third kappa shape index (κ3) is 1.93. The van der Waals surface area contributed by atoms with E-state index in [1.54, 1.807) is 30.2 Å². The van der Waals surface area contributed by atoms with Gasteiger partial charge in [-0.05, 0) is 19.1 Å². The van der Waals surface area contributed by atoms with Crippen molar-refractivity contribution in [3.63, 3.8) is 0 Å². The maximum atomic E-state index is 11.9. The van der Waals surface area contributed by atoms with E-state index in [1.165, 1.54) is 0 Å². The zero-order valence-corrected chi connectivity index (χ0v) is 8.64. The highest BCUT2D eigenvalue weighted by Gasteiger charge is 2.11. The van der Waals surface area contributed by atoms with Crippen LogP contribution in [0.1, 0.15) is 21.7 Å². The molecular formula is C11H11N3O. The van der Waals surface area contributed by atoms with Crippen LogP contribution in [-0.4, -0.2) is 20.5 Å². The van der Waals surface area contributed by atoms with Gasteiger partial charge >= 0.3 is 0 Å². The number of aryl methyl sites for hydroxylation is 2. The smallest absolute Gasteiger partial charge is 0.214 e. The fourth-order valence-electron chi connectivity index (χ4n) is 1.36. The molecule has 0 aromatic carbocycles. The lowest BCUT2D eigenvalue weighted by atomic mass is 10.1. The van der Waals surface area contributed by atoms with Gasteiger partial charge in [-0.15, -0.1) is 0 Å². The lowest BCUT2D eigenvalue weighted by Gasteiger charge is -1.97. The molecule has 0 aliphatic rings. The van der Waals surface area contributed by atoms with Crippen molar-refractivity contribution in [3.05, 3.63) is 47.5 Å². The van der Waals surface area contributed by atoms with Gasteiger partial charge in [-0.2, -0.15) is 5.10 Å². The lowest BCUT2D eigenvalue weighted by molar-refractivity contribution is 0.103. The number of hydrogen-bond acceptors (Lipinski definition) is 3. The van der Waals surface area contributed by atoms with E-state index >= 15 is 0 Å². The molecule has 76 valence electrons. The summed E-state index contributed by atoms with van der Waals surface area (Å²) >= 11 is 0. The molecule has 0 N–H and O–H groups in total. The summed E-state index contributed by atoms with van der Waals surface area (Å²) in [6.07, 6.45) is 3.23. The van der Waals surface area contributed by atoms with Crippen LogP contribution in [0.3, 0.4) is 0 Å². The fourth-order valence-corrected chi connectivity index (χ4v) is 1.36. The minimum atomic E-state index is -0.0909. The van der Waals surface area contributed by atoms with Crippen molar-refractivity contribution in [2.24, 2.45) is 7.05 Å². The molecule has 15 heavy (non-hydrogen) atoms. The standard InChI is InChI=1S/C11H11N3O/c1-8-4-3-5-10(13-8)11(15)9-6-12-14(2)7-9/h3-7H,1-2H3. The molecule has 2 rings (SSSR count). The van der Waals surface area contributed by atoms with Gasteiger partial charge in [0.1, 0.15) is 5.69 Å². The van der Waals surface area contributed by atoms with Crippen LogP contribution in [0.25, 0.3) is 0 Å². The minimum Gasteiger partial charge on any atom is -0.287 e. The molecule has 2 heterocycles. The number of ketones is 1. The van der Waals surface area contributed by atoms with Crippen LogP contribution in [0.2, 0.25) is 0 Å². The van der Waals surface area contributed by atoms with E-state index in [1.807, 2.05) is 19.1 Å². The molecule has 0 atom stereocenters. The van der Waals surface area contributed by atoms with E-state index in [0.717, 1.165) is 5.69 Å². The summed E-state index contributed by atoms with van der Waals surface area (Å²) in [5.41, 5.74) is 1.86. The van der Waals surface area contributed by atoms with Gasteiger partial charge in [-0.3, -0.25) is 9.48 Å². The molecule has 0 unspecified atom stereocenters. The Labute approximate surface area is 87.6 Å². The Hall–Kier alpha value is -1.97. The number of rotatable bonds is 2. The van der Waals surface area contributed by atoms with Crippen LogP contribution in [0.15, 0.2) is 30.6 Å². The van der Waals surface area contributed by atoms with Crippen molar-refractivity contribution in [1.82, 2.24) is 14.8 Å². The van der Waals surface area contributed by atoms with Crippen LogP contribution in [-0.2, 0) is 7.05 Å². The Bertz CT molecular complexity index is 502. The van der Waals surface area contributed by atoms with Gasteiger partial charge < -0.3 is 0 Å². The molecule has 0 amide bonds. The summed E-state index contributed by atoms with van der Waals surface area (Å²) in [4.78, 5) is 16.1. The van der Waals surface area contributed by atoms with E-state index < -0.39 is 0 Å². The second-order valence-corrected chi connectivity index (χ2v) is 3.40. The molecule has 2 aromatic rings. The van der Waals surface area contributed by atoms with Gasteiger partial charge in [0.15, 0.2) is 0 Å². The molecule has 4 nitrogen and oxygen atoms in total. The van der Waals surface area contributed by atoms with Crippen LogP contribution in [0.4, 0.5) is 0 Å². The summed E-state index contributed by atoms with van der Waals surface area (Å²) in [6, 6.07) is 5.40. The van der Waals surface area contributed by atoms with E-state index in [0.29, 0.717) is 11.3 Å². The second kappa shape index (κ2) is 3.65. The maximum absolute atomic E-state index is 11.9. The molecule has 0 radical (unpaired) electrons. The van der Waals surface area contributed by atoms with Crippen molar-refractivity contribution in [1.29, 1.82) is 0 Å². The molecule has 0 saturated heterocycles. The first-order valence-corrected chi connectivity index (χ1v) is 4.64. The monoisotopic (exact) mass is 201 g/mol. The number of aromatic nitrogens is 3. The normalized spacial score (nSPS) is 10.3. The summed E-state index contributed by atoms with van der Waals surface area (Å²) in [7, 11) is 1.78. The van der Waals surface area contributed by atoms with E-state index in [-0.39, 0.29) is 5.78 Å². The summed E-state index contributed by atoms with van der Waals surface area (Å²) in [5, 5.41) is 3.95. The highest BCUT2D eigenvalue weighted by molar-refractivity contribution is 6.07. The van der Waals surface area contributed by atoms with Gasteiger partial charge in [0.25, 0.3) is 0 Å². The first kappa shape index (κ1) is 9.58. The molecule has 0 bridgehead atoms. The quantitative estimate of drug-likeness (QED) is 0.689. The van der Waals surface area contributed by atoms with Crippen molar-refractivity contribution in [2.45, 2.75) is 6.92 Å². The second-order valence-electron chi connectivity index (χ2n) is 3.40. The van der Waals surface area contributed by atoms with E-state index in [2.05, 4.69) is 10.1 Å². The predicted octanol–water partition coefficient (Wildman–Crippen LogP) is 1.35. The van der Waals surface area contributed by atoms with Gasteiger partial charge in [0.05, 0.1) is 11.8 Å². The SMILES string of the molecule is Cc1cccc(C(=O)c2cnn(C)c2)n1. The summed E-state index contributed by atoms with van der Waals surface area (Å²) in [6.45, 7) is 1.86. The summed E-state index contributed by atoms with van der Waals surface area (Å²) in [5.74, 6) is -0.0909. The summed E-state index contributed by atoms with van der Waals surface area (Å²) < 4.78 is 1.60. The van der Waals surface area contributed by atoms with Crippen LogP contribution in [0, 0.1) is 6.92 Å². The molecular weight excluding hydrogens is 190 g/mol. The van der Waals surface area contributed by atoms with Crippen LogP contribution in [0.5, 0.6) is 0 Å². The Morgan fingerprint density at radius 2 is 2.20 bits per heavy atom. The number of pyridine rings is 1. The van der Waals surface area contributed by atoms with Crippen molar-refractivity contribution < 1.29 is 4.79 Å². The van der Waals surface area contributed by atoms with Crippen LogP contribution < -0.4 is 0 Å². The van der Waals surface area contributed by atoms with Crippen molar-refractivity contribution >= 4 is 5.78 Å². The lowest BCUT2D eigenvalue weighted by Crippen LogP contribution is -2.03. The number of carbonyl (C=O) groups is 1. The van der Waals surface area contributed by atoms with Crippen LogP contribution >= 0.6 is 0 Å². The average Bonchev–Trinajstić information content (AvgIpc) is 2.64. The molecule has 0 saturated carbocycles. The van der Waals surface area contributed by atoms with Gasteiger partial charge in [-0.25, -0.2) is 4.98 Å². The molecule has 4 heteroatoms. The Morgan fingerprint density at radius 1 is 1.40 bits per heavy atom. The number of carbonyl (C=O) groups excluding carboxylic acids is 1. The van der Waals surface area contributed by atoms with E-state index in [9.17, 15) is 4.79 Å². The highest BCUT2D eigenvalue weighted by Crippen LogP contribution is 2.06. The third-order valence-electron chi connectivity index (χ3n) is 2.09. The molecule has 0 aliphatic heterocycles. The fraction of sp³-hybridized carbons (Fsp3) is 0.182. The Morgan fingerprint density at radius 3 is 2.80 bits per heavy atom. The van der Waals surface area contributed by atoms with E-state index in [4.69, 9.17) is 0 Å².